The Balaban J connectivity index is 0.627. The second-order valence-electron chi connectivity index (χ2n) is 25.8. The maximum absolute atomic E-state index is 15.0. The minimum absolute atomic E-state index is 0.0222. The van der Waals surface area contributed by atoms with Crippen LogP contribution in [0.2, 0.25) is 0 Å². The third-order valence-electron chi connectivity index (χ3n) is 20.5. The number of hydrogen-bond donors (Lipinski definition) is 2. The van der Waals surface area contributed by atoms with E-state index in [9.17, 15) is 47.9 Å². The van der Waals surface area contributed by atoms with Crippen molar-refractivity contribution in [1.82, 2.24) is 34.7 Å². The fourth-order valence-corrected chi connectivity index (χ4v) is 15.8. The molecule has 4 aliphatic carbocycles. The average Bonchev–Trinajstić information content (AvgIpc) is 1.49. The van der Waals surface area contributed by atoms with Crippen LogP contribution in [0.15, 0.2) is 65.3 Å². The monoisotopic (exact) mass is 1300 g/mol. The van der Waals surface area contributed by atoms with Gasteiger partial charge in [0, 0.05) is 110 Å². The summed E-state index contributed by atoms with van der Waals surface area (Å²) in [6.45, 7) is 5.02. The molecule has 2 aromatic rings. The lowest BCUT2D eigenvalue weighted by Crippen LogP contribution is -2.67. The van der Waals surface area contributed by atoms with E-state index in [4.69, 9.17) is 28.4 Å². The number of fused-ring (bicyclic) bond motifs is 4. The molecule has 9 aliphatic rings. The third-order valence-corrected chi connectivity index (χ3v) is 20.5. The summed E-state index contributed by atoms with van der Waals surface area (Å²) in [5.41, 5.74) is 6.55. The number of methoxy groups -OCH3 is 2. The van der Waals surface area contributed by atoms with Crippen molar-refractivity contribution in [2.45, 2.75) is 126 Å². The van der Waals surface area contributed by atoms with Crippen molar-refractivity contribution in [1.29, 1.82) is 0 Å². The number of allylic oxidation sites excluding steroid dienone is 4. The summed E-state index contributed by atoms with van der Waals surface area (Å²) in [6, 6.07) is 10.3. The predicted molar refractivity (Wildman–Crippen MR) is 341 cm³/mol. The van der Waals surface area contributed by atoms with Gasteiger partial charge in [-0.15, -0.1) is 5.92 Å². The molecule has 94 heavy (non-hydrogen) atoms. The molecule has 1 spiro atoms. The van der Waals surface area contributed by atoms with E-state index < -0.39 is 65.8 Å². The Morgan fingerprint density at radius 1 is 0.745 bits per heavy atom. The van der Waals surface area contributed by atoms with Crippen LogP contribution in [0.4, 0.5) is 21.0 Å². The Kier molecular flexibility index (Phi) is 20.9. The molecule has 25 nitrogen and oxygen atoms in total. The van der Waals surface area contributed by atoms with Gasteiger partial charge in [-0.3, -0.25) is 48.6 Å². The smallest absolute Gasteiger partial charge is 0.409 e. The Hall–Kier alpha value is -8.18. The number of ether oxygens (including phenoxy) is 6. The molecule has 6 fully saturated rings. The Morgan fingerprint density at radius 3 is 2.14 bits per heavy atom. The number of imide groups is 2. The quantitative estimate of drug-likeness (QED) is 0.0624. The summed E-state index contributed by atoms with van der Waals surface area (Å²) < 4.78 is 34.0. The number of piperidine rings is 1. The van der Waals surface area contributed by atoms with Crippen LogP contribution in [0.25, 0.3) is 0 Å². The summed E-state index contributed by atoms with van der Waals surface area (Å²) in [5, 5.41) is 5.40. The molecule has 5 heterocycles. The minimum atomic E-state index is -1.13. The summed E-state index contributed by atoms with van der Waals surface area (Å²) in [5.74, 6) is 4.38. The number of ketones is 1. The highest BCUT2D eigenvalue weighted by Crippen LogP contribution is 2.73. The first-order chi connectivity index (χ1) is 45.4. The fourth-order valence-electron chi connectivity index (χ4n) is 15.8. The van der Waals surface area contributed by atoms with Gasteiger partial charge in [0.1, 0.15) is 23.7 Å². The number of carbonyl (C=O) groups is 10. The second kappa shape index (κ2) is 29.2. The van der Waals surface area contributed by atoms with E-state index in [0.717, 1.165) is 49.1 Å². The molecule has 0 bridgehead atoms. The minimum Gasteiger partial charge on any atom is -0.453 e. The number of anilines is 2. The second-order valence-corrected chi connectivity index (χ2v) is 25.8. The van der Waals surface area contributed by atoms with Crippen molar-refractivity contribution in [2.24, 2.45) is 11.8 Å². The molecule has 2 N–H and O–H groups in total. The molecular formula is C69H87N9O16. The van der Waals surface area contributed by atoms with Crippen LogP contribution in [-0.2, 0) is 57.2 Å². The number of carbonyl (C=O) groups excluding carboxylic acids is 10. The van der Waals surface area contributed by atoms with Crippen molar-refractivity contribution in [2.75, 3.05) is 137 Å². The lowest BCUT2D eigenvalue weighted by atomic mass is 9.57. The van der Waals surface area contributed by atoms with Gasteiger partial charge in [0.25, 0.3) is 11.8 Å². The summed E-state index contributed by atoms with van der Waals surface area (Å²) >= 11 is 0. The third kappa shape index (κ3) is 13.6. The van der Waals surface area contributed by atoms with Crippen molar-refractivity contribution in [3.63, 3.8) is 0 Å². The van der Waals surface area contributed by atoms with Crippen LogP contribution >= 0.6 is 0 Å². The van der Waals surface area contributed by atoms with E-state index in [2.05, 4.69) is 51.6 Å². The molecule has 4 saturated heterocycles. The molecule has 2 aromatic carbocycles. The molecule has 5 aliphatic heterocycles. The number of rotatable bonds is 24. The first-order valence-electron chi connectivity index (χ1n) is 33.2. The van der Waals surface area contributed by atoms with E-state index in [1.165, 1.54) is 61.0 Å². The van der Waals surface area contributed by atoms with Gasteiger partial charge < -0.3 is 63.1 Å². The van der Waals surface area contributed by atoms with Gasteiger partial charge in [-0.2, -0.15) is 0 Å². The zero-order valence-corrected chi connectivity index (χ0v) is 54.5. The Bertz CT molecular complexity index is 3430. The standard InChI is InChI=1S/C69H87N9O16/c1-6-25-68-26-24-52-49-20-16-45-40-47(79)19-21-48(45)59(49)51(41-69(52,68)94-68)44-14-17-46(18-15-44)72(2)28-8-13-58(81)76-32-30-74(66(87)89-4)43-56(76)64(85)77-33-31-75(67(88)90-5)42-55(77)63(84)73(3)29-10-35-92-37-39-93-38-36-91-34-9-27-70-53-12-7-11-50-60(53)65(86)78(62(50)83)54-22-23-57(80)71-61(54)82/h7,11-12,14-15,17-18,40,49,51-52,54-56,70H,8-10,13,16,19-24,26-39,41-43H2,1-5H3,(H,71,80,82)/t49-,51+,52-,54?,55?,56?,68-,69+/m0/s1. The number of likely N-dealkylation sites (N-methyl/N-ethyl adjacent to an activating group) is 1. The van der Waals surface area contributed by atoms with Crippen LogP contribution < -0.4 is 15.5 Å². The van der Waals surface area contributed by atoms with Gasteiger partial charge in [-0.1, -0.05) is 29.7 Å². The highest BCUT2D eigenvalue weighted by atomic mass is 16.6. The number of amides is 9. The van der Waals surface area contributed by atoms with Crippen molar-refractivity contribution >= 4 is 70.7 Å². The van der Waals surface area contributed by atoms with Crippen LogP contribution in [-0.4, -0.2) is 245 Å². The number of epoxide rings is 1. The van der Waals surface area contributed by atoms with E-state index >= 15 is 0 Å². The highest BCUT2D eigenvalue weighted by molar-refractivity contribution is 6.25. The summed E-state index contributed by atoms with van der Waals surface area (Å²) in [6.07, 6.45) is 8.53. The highest BCUT2D eigenvalue weighted by Gasteiger charge is 2.79. The average molecular weight is 1300 g/mol. The molecule has 504 valence electrons. The molecule has 9 amide bonds. The van der Waals surface area contributed by atoms with Gasteiger partial charge in [0.2, 0.25) is 29.5 Å². The number of nitrogens with zero attached hydrogens (tertiary/aromatic N) is 7. The number of nitrogens with one attached hydrogen (secondary N) is 2. The van der Waals surface area contributed by atoms with E-state index in [0.29, 0.717) is 89.3 Å². The molecule has 2 saturated carbocycles. The molecule has 0 aromatic heterocycles. The zero-order chi connectivity index (χ0) is 66.4. The lowest BCUT2D eigenvalue weighted by molar-refractivity contribution is -0.156. The van der Waals surface area contributed by atoms with Gasteiger partial charge in [-0.25, -0.2) is 9.59 Å². The van der Waals surface area contributed by atoms with Gasteiger partial charge in [-0.05, 0) is 130 Å². The topological polar surface area (TPSA) is 276 Å². The number of piperazine rings is 2. The first-order valence-corrected chi connectivity index (χ1v) is 33.2. The van der Waals surface area contributed by atoms with Crippen molar-refractivity contribution in [3.8, 4) is 11.8 Å². The van der Waals surface area contributed by atoms with Crippen molar-refractivity contribution in [3.05, 3.63) is 82.0 Å². The van der Waals surface area contributed by atoms with Crippen LogP contribution in [0.1, 0.15) is 123 Å². The fraction of sp³-hybridized carbons (Fsp3) is 0.594. The summed E-state index contributed by atoms with van der Waals surface area (Å²) in [4.78, 5) is 143. The Morgan fingerprint density at radius 2 is 1.44 bits per heavy atom. The van der Waals surface area contributed by atoms with E-state index in [1.54, 1.807) is 25.2 Å². The summed E-state index contributed by atoms with van der Waals surface area (Å²) in [7, 11) is 6.11. The zero-order valence-electron chi connectivity index (χ0n) is 54.5. The van der Waals surface area contributed by atoms with Crippen LogP contribution in [0, 0.1) is 23.7 Å². The van der Waals surface area contributed by atoms with Crippen molar-refractivity contribution < 1.29 is 76.4 Å². The molecule has 11 rings (SSSR count). The van der Waals surface area contributed by atoms with E-state index in [1.807, 2.05) is 20.0 Å². The van der Waals surface area contributed by atoms with Crippen LogP contribution in [0.5, 0.6) is 0 Å². The maximum Gasteiger partial charge on any atom is 0.409 e. The lowest BCUT2D eigenvalue weighted by Gasteiger charge is -2.46. The molecular weight excluding hydrogens is 1210 g/mol. The number of hydrogen-bond acceptors (Lipinski definition) is 18. The first kappa shape index (κ1) is 67.2. The predicted octanol–water partition coefficient (Wildman–Crippen LogP) is 4.69. The maximum atomic E-state index is 15.0. The normalized spacial score (nSPS) is 26.0. The van der Waals surface area contributed by atoms with Gasteiger partial charge >= 0.3 is 12.2 Å². The SMILES string of the molecule is CC#C[C@]12CC[C@H]3[C@@H]4CCC5=CC(=O)CCC5=C4[C@@H](c4ccc(N(C)CCCC(=O)N5CCN(C(=O)OC)CC5C(=O)N5CCN(C(=O)OC)CC5C(=O)N(C)CCCOCCOCCOCCCNc5cccc6c5C(=O)N(C5CCC(=O)NC5=O)C6=O)cc4)C[C@@]31O2. The Labute approximate surface area is 548 Å². The molecule has 0 radical (unpaired) electrons. The molecule has 8 atom stereocenters. The molecule has 25 heteroatoms. The number of benzene rings is 2. The van der Waals surface area contributed by atoms with Gasteiger partial charge in [0.15, 0.2) is 11.4 Å². The van der Waals surface area contributed by atoms with E-state index in [-0.39, 0.29) is 112 Å². The largest absolute Gasteiger partial charge is 0.453 e. The van der Waals surface area contributed by atoms with Gasteiger partial charge in [0.05, 0.1) is 64.9 Å². The molecule has 3 unspecified atom stereocenters. The van der Waals surface area contributed by atoms with Crippen LogP contribution in [0.3, 0.4) is 0 Å².